The van der Waals surface area contributed by atoms with Gasteiger partial charge < -0.3 is 10.6 Å². The number of fused-ring (bicyclic) bond motifs is 1. The number of carbonyl (C=O) groups excluding carboxylic acids is 1. The number of nitrogens with one attached hydrogen (secondary N) is 2. The number of carbonyl (C=O) groups is 1. The molecule has 0 unspecified atom stereocenters. The molecule has 0 aliphatic carbocycles. The van der Waals surface area contributed by atoms with E-state index in [0.29, 0.717) is 21.7 Å². The van der Waals surface area contributed by atoms with Gasteiger partial charge in [-0.05, 0) is 61.0 Å². The Kier molecular flexibility index (Phi) is 6.04. The lowest BCUT2D eigenvalue weighted by Crippen LogP contribution is -2.14. The summed E-state index contributed by atoms with van der Waals surface area (Å²) >= 11 is 8.94. The van der Waals surface area contributed by atoms with Crippen molar-refractivity contribution < 1.29 is 4.79 Å². The Balaban J connectivity index is 1.20. The van der Waals surface area contributed by atoms with Crippen molar-refractivity contribution in [1.29, 1.82) is 0 Å². The molecular weight excluding hydrogens is 474 g/mol. The summed E-state index contributed by atoms with van der Waals surface area (Å²) in [7, 11) is 0. The number of nitrogens with zero attached hydrogens (tertiary/aromatic N) is 3. The van der Waals surface area contributed by atoms with E-state index in [1.54, 1.807) is 29.7 Å². The molecule has 0 aliphatic rings. The normalized spacial score (nSPS) is 11.0. The molecule has 1 amide bonds. The lowest BCUT2D eigenvalue weighted by Gasteiger charge is -2.05. The molecule has 5 rings (SSSR count). The predicted molar refractivity (Wildman–Crippen MR) is 137 cm³/mol. The minimum absolute atomic E-state index is 0.125. The third-order valence-corrected chi connectivity index (χ3v) is 6.91. The van der Waals surface area contributed by atoms with Crippen molar-refractivity contribution >= 4 is 67.0 Å². The first-order valence-electron chi connectivity index (χ1n) is 10.1. The van der Waals surface area contributed by atoms with Gasteiger partial charge in [-0.2, -0.15) is 0 Å². The van der Waals surface area contributed by atoms with Gasteiger partial charge in [-0.25, -0.2) is 15.0 Å². The maximum atomic E-state index is 12.5. The van der Waals surface area contributed by atoms with Gasteiger partial charge in [0, 0.05) is 22.8 Å². The van der Waals surface area contributed by atoms with Crippen LogP contribution in [0.3, 0.4) is 0 Å². The maximum absolute atomic E-state index is 12.5. The number of aromatic nitrogens is 3. The van der Waals surface area contributed by atoms with Crippen molar-refractivity contribution in [2.24, 2.45) is 0 Å². The number of amides is 1. The highest BCUT2D eigenvalue weighted by Crippen LogP contribution is 2.31. The summed E-state index contributed by atoms with van der Waals surface area (Å²) in [5, 5.41) is 10.1. The van der Waals surface area contributed by atoms with Gasteiger partial charge >= 0.3 is 0 Å². The predicted octanol–water partition coefficient (Wildman–Crippen LogP) is 6.70. The van der Waals surface area contributed by atoms with Gasteiger partial charge in [0.15, 0.2) is 5.13 Å². The summed E-state index contributed by atoms with van der Waals surface area (Å²) in [5.74, 6) is 0.521. The van der Waals surface area contributed by atoms with Crippen LogP contribution in [-0.2, 0) is 11.2 Å². The van der Waals surface area contributed by atoms with Crippen LogP contribution >= 0.6 is 34.3 Å². The van der Waals surface area contributed by atoms with Crippen LogP contribution in [0.2, 0.25) is 5.02 Å². The van der Waals surface area contributed by atoms with Crippen LogP contribution in [0, 0.1) is 6.92 Å². The summed E-state index contributed by atoms with van der Waals surface area (Å²) in [4.78, 5) is 25.8. The molecule has 0 bridgehead atoms. The highest BCUT2D eigenvalue weighted by atomic mass is 35.5. The first kappa shape index (κ1) is 21.5. The van der Waals surface area contributed by atoms with Crippen LogP contribution in [0.4, 0.5) is 16.6 Å². The molecule has 2 N–H and O–H groups in total. The molecule has 164 valence electrons. The summed E-state index contributed by atoms with van der Waals surface area (Å²) in [5.41, 5.74) is 4.68. The number of rotatable bonds is 6. The van der Waals surface area contributed by atoms with E-state index in [0.717, 1.165) is 21.8 Å². The zero-order chi connectivity index (χ0) is 22.8. The zero-order valence-corrected chi connectivity index (χ0v) is 19.9. The molecule has 3 heterocycles. The summed E-state index contributed by atoms with van der Waals surface area (Å²) in [6, 6.07) is 17.5. The van der Waals surface area contributed by atoms with Gasteiger partial charge in [-0.1, -0.05) is 17.7 Å². The third kappa shape index (κ3) is 5.19. The second kappa shape index (κ2) is 9.27. The van der Waals surface area contributed by atoms with Crippen molar-refractivity contribution in [1.82, 2.24) is 15.0 Å². The van der Waals surface area contributed by atoms with E-state index < -0.39 is 0 Å². The number of anilines is 3. The Morgan fingerprint density at radius 3 is 2.70 bits per heavy atom. The van der Waals surface area contributed by atoms with Crippen LogP contribution in [0.5, 0.6) is 0 Å². The van der Waals surface area contributed by atoms with Gasteiger partial charge in [0.05, 0.1) is 27.4 Å². The monoisotopic (exact) mass is 491 g/mol. The van der Waals surface area contributed by atoms with Crippen molar-refractivity contribution in [3.8, 4) is 10.6 Å². The number of hydrogen-bond acceptors (Lipinski definition) is 7. The fraction of sp³-hybridized carbons (Fsp3) is 0.0833. The molecule has 0 atom stereocenters. The largest absolute Gasteiger partial charge is 0.326 e. The first-order valence-corrected chi connectivity index (χ1v) is 12.2. The quantitative estimate of drug-likeness (QED) is 0.276. The van der Waals surface area contributed by atoms with E-state index in [1.165, 1.54) is 21.6 Å². The van der Waals surface area contributed by atoms with Gasteiger partial charge in [0.1, 0.15) is 10.8 Å². The molecule has 0 radical (unpaired) electrons. The molecule has 6 nitrogen and oxygen atoms in total. The van der Waals surface area contributed by atoms with Gasteiger partial charge in [-0.3, -0.25) is 4.79 Å². The average molecular weight is 492 g/mol. The zero-order valence-electron chi connectivity index (χ0n) is 17.5. The van der Waals surface area contributed by atoms with E-state index in [-0.39, 0.29) is 12.3 Å². The highest BCUT2D eigenvalue weighted by molar-refractivity contribution is 7.21. The minimum atomic E-state index is -0.125. The maximum Gasteiger partial charge on any atom is 0.230 e. The molecular formula is C24H18ClN5OS2. The van der Waals surface area contributed by atoms with Crippen molar-refractivity contribution in [3.63, 3.8) is 0 Å². The van der Waals surface area contributed by atoms with Crippen LogP contribution in [-0.4, -0.2) is 20.9 Å². The van der Waals surface area contributed by atoms with Crippen LogP contribution in [0.1, 0.15) is 11.3 Å². The third-order valence-electron chi connectivity index (χ3n) is 4.82. The Labute approximate surface area is 203 Å². The Hall–Kier alpha value is -3.33. The topological polar surface area (TPSA) is 79.8 Å². The number of benzene rings is 2. The minimum Gasteiger partial charge on any atom is -0.326 e. The molecule has 9 heteroatoms. The molecule has 3 aromatic heterocycles. The van der Waals surface area contributed by atoms with Crippen LogP contribution in [0.15, 0.2) is 66.2 Å². The standard InChI is InChI=1S/C24H18ClN5OS2/c1-14-2-8-19-20(10-14)33-23(29-19)15-3-6-17(7-4-15)27-22(31)11-18-13-32-24(28-18)30-21-9-5-16(25)12-26-21/h2-10,12-13H,11H2,1H3,(H,27,31)(H,26,28,30). The highest BCUT2D eigenvalue weighted by Gasteiger charge is 2.10. The Morgan fingerprint density at radius 2 is 1.91 bits per heavy atom. The van der Waals surface area contributed by atoms with Crippen molar-refractivity contribution in [2.45, 2.75) is 13.3 Å². The van der Waals surface area contributed by atoms with E-state index >= 15 is 0 Å². The molecule has 0 aliphatic heterocycles. The number of aryl methyl sites for hydroxylation is 1. The van der Waals surface area contributed by atoms with E-state index in [4.69, 9.17) is 16.6 Å². The number of thiazole rings is 2. The summed E-state index contributed by atoms with van der Waals surface area (Å²) in [6.07, 6.45) is 1.75. The summed E-state index contributed by atoms with van der Waals surface area (Å²) < 4.78 is 1.17. The number of halogens is 1. The molecule has 0 saturated heterocycles. The first-order chi connectivity index (χ1) is 16.0. The molecule has 5 aromatic rings. The fourth-order valence-corrected chi connectivity index (χ4v) is 5.12. The molecule has 2 aromatic carbocycles. The smallest absolute Gasteiger partial charge is 0.230 e. The fourth-order valence-electron chi connectivity index (χ4n) is 3.23. The van der Waals surface area contributed by atoms with Crippen LogP contribution in [0.25, 0.3) is 20.8 Å². The van der Waals surface area contributed by atoms with E-state index in [2.05, 4.69) is 39.7 Å². The van der Waals surface area contributed by atoms with E-state index in [9.17, 15) is 4.79 Å². The summed E-state index contributed by atoms with van der Waals surface area (Å²) in [6.45, 7) is 2.08. The van der Waals surface area contributed by atoms with Gasteiger partial charge in [0.25, 0.3) is 0 Å². The lowest BCUT2D eigenvalue weighted by atomic mass is 10.2. The Morgan fingerprint density at radius 1 is 1.06 bits per heavy atom. The SMILES string of the molecule is Cc1ccc2nc(-c3ccc(NC(=O)Cc4csc(Nc5ccc(Cl)cn5)n4)cc3)sc2c1. The number of hydrogen-bond donors (Lipinski definition) is 2. The second-order valence-electron chi connectivity index (χ2n) is 7.42. The van der Waals surface area contributed by atoms with Crippen LogP contribution < -0.4 is 10.6 Å². The van der Waals surface area contributed by atoms with Gasteiger partial charge in [-0.15, -0.1) is 22.7 Å². The van der Waals surface area contributed by atoms with E-state index in [1.807, 2.05) is 35.7 Å². The Bertz CT molecular complexity index is 1430. The van der Waals surface area contributed by atoms with Crippen molar-refractivity contribution in [3.05, 3.63) is 82.5 Å². The number of pyridine rings is 1. The molecule has 0 fully saturated rings. The van der Waals surface area contributed by atoms with Gasteiger partial charge in [0.2, 0.25) is 5.91 Å². The molecule has 33 heavy (non-hydrogen) atoms. The average Bonchev–Trinajstić information content (AvgIpc) is 3.42. The second-order valence-corrected chi connectivity index (χ2v) is 9.75. The van der Waals surface area contributed by atoms with Crippen molar-refractivity contribution in [2.75, 3.05) is 10.6 Å². The molecule has 0 saturated carbocycles. The molecule has 0 spiro atoms. The lowest BCUT2D eigenvalue weighted by molar-refractivity contribution is -0.115.